The summed E-state index contributed by atoms with van der Waals surface area (Å²) in [4.78, 5) is 25.5. The lowest BCUT2D eigenvalue weighted by Gasteiger charge is -2.15. The molecule has 11 heteroatoms. The Kier molecular flexibility index (Phi) is 5.24. The number of rotatable bonds is 5. The third-order valence-corrected chi connectivity index (χ3v) is 6.44. The van der Waals surface area contributed by atoms with E-state index in [1.165, 1.54) is 6.33 Å². The summed E-state index contributed by atoms with van der Waals surface area (Å²) in [7, 11) is 0. The zero-order valence-electron chi connectivity index (χ0n) is 18.3. The second-order valence-corrected chi connectivity index (χ2v) is 8.73. The number of aliphatic hydroxyl groups excluding tert-OH is 1. The van der Waals surface area contributed by atoms with Crippen LogP contribution in [0, 0.1) is 0 Å². The zero-order chi connectivity index (χ0) is 23.9. The molecule has 0 spiro atoms. The minimum Gasteiger partial charge on any atom is -0.390 e. The molecule has 0 aliphatic carbocycles. The minimum atomic E-state index is -0.191. The minimum absolute atomic E-state index is 0.106. The number of fused-ring (bicyclic) bond motifs is 1. The second-order valence-electron chi connectivity index (χ2n) is 8.29. The Balaban J connectivity index is 1.37. The predicted octanol–water partition coefficient (Wildman–Crippen LogP) is 2.96. The summed E-state index contributed by atoms with van der Waals surface area (Å²) in [5.74, 6) is 0.719. The van der Waals surface area contributed by atoms with Crippen molar-refractivity contribution in [3.05, 3.63) is 93.8 Å². The van der Waals surface area contributed by atoms with Crippen LogP contribution in [-0.4, -0.2) is 44.8 Å². The lowest BCUT2D eigenvalue weighted by molar-refractivity contribution is 0.277. The summed E-state index contributed by atoms with van der Waals surface area (Å²) in [5.41, 5.74) is 5.33. The van der Waals surface area contributed by atoms with Crippen LogP contribution in [-0.2, 0) is 13.0 Å². The maximum absolute atomic E-state index is 13.3. The monoisotopic (exact) mass is 486 g/mol. The lowest BCUT2D eigenvalue weighted by atomic mass is 10.0. The number of aliphatic hydroxyl groups is 1. The summed E-state index contributed by atoms with van der Waals surface area (Å²) < 4.78 is 3.34. The van der Waals surface area contributed by atoms with Gasteiger partial charge >= 0.3 is 0 Å². The van der Waals surface area contributed by atoms with E-state index >= 15 is 0 Å². The van der Waals surface area contributed by atoms with Crippen LogP contribution >= 0.6 is 11.6 Å². The first-order valence-electron chi connectivity index (χ1n) is 11.0. The van der Waals surface area contributed by atoms with Gasteiger partial charge in [0.25, 0.3) is 5.56 Å². The number of aromatic amines is 1. The van der Waals surface area contributed by atoms with E-state index in [9.17, 15) is 9.90 Å². The fourth-order valence-electron chi connectivity index (χ4n) is 4.55. The predicted molar refractivity (Wildman–Crippen MR) is 128 cm³/mol. The quantitative estimate of drug-likeness (QED) is 0.391. The van der Waals surface area contributed by atoms with Gasteiger partial charge in [0.2, 0.25) is 0 Å². The van der Waals surface area contributed by atoms with Crippen molar-refractivity contribution in [3.63, 3.8) is 0 Å². The third-order valence-electron chi connectivity index (χ3n) is 6.21. The van der Waals surface area contributed by atoms with Crippen LogP contribution in [0.3, 0.4) is 0 Å². The molecular formula is C24H19ClN8O2. The van der Waals surface area contributed by atoms with Crippen molar-refractivity contribution in [2.24, 2.45) is 0 Å². The highest BCUT2D eigenvalue weighted by molar-refractivity contribution is 6.31. The molecule has 35 heavy (non-hydrogen) atoms. The molecule has 5 heterocycles. The Hall–Kier alpha value is -4.15. The van der Waals surface area contributed by atoms with Crippen LogP contribution < -0.4 is 5.56 Å². The zero-order valence-corrected chi connectivity index (χ0v) is 19.1. The molecule has 0 unspecified atom stereocenters. The lowest BCUT2D eigenvalue weighted by Crippen LogP contribution is -2.23. The molecule has 5 aromatic rings. The molecule has 0 fully saturated rings. The SMILES string of the molecule is O=c1cc(-c2cc(Cl)ccc2-n2cnnn2)cc2n1[C@H](c1ncc(-c3ccc(CO)nc3)[nH]1)CC2. The summed E-state index contributed by atoms with van der Waals surface area (Å²) in [6, 6.07) is 12.5. The highest BCUT2D eigenvalue weighted by Crippen LogP contribution is 2.34. The van der Waals surface area contributed by atoms with Crippen LogP contribution in [0.1, 0.15) is 29.7 Å². The number of tetrazole rings is 1. The molecule has 174 valence electrons. The highest BCUT2D eigenvalue weighted by atomic mass is 35.5. The number of aryl methyl sites for hydroxylation is 1. The van der Waals surface area contributed by atoms with E-state index in [0.717, 1.165) is 52.4 Å². The van der Waals surface area contributed by atoms with Gasteiger partial charge in [-0.3, -0.25) is 9.78 Å². The topological polar surface area (TPSA) is 127 Å². The van der Waals surface area contributed by atoms with Crippen LogP contribution in [0.5, 0.6) is 0 Å². The first-order valence-corrected chi connectivity index (χ1v) is 11.4. The largest absolute Gasteiger partial charge is 0.390 e. The number of nitrogens with zero attached hydrogens (tertiary/aromatic N) is 7. The number of pyridine rings is 2. The fourth-order valence-corrected chi connectivity index (χ4v) is 4.72. The van der Waals surface area contributed by atoms with E-state index in [0.29, 0.717) is 10.7 Å². The van der Waals surface area contributed by atoms with E-state index < -0.39 is 0 Å². The number of halogens is 1. The van der Waals surface area contributed by atoms with Crippen molar-refractivity contribution in [1.29, 1.82) is 0 Å². The van der Waals surface area contributed by atoms with Crippen molar-refractivity contribution >= 4 is 11.6 Å². The van der Waals surface area contributed by atoms with Crippen LogP contribution in [0.4, 0.5) is 0 Å². The second kappa shape index (κ2) is 8.57. The van der Waals surface area contributed by atoms with Crippen molar-refractivity contribution in [1.82, 2.24) is 39.7 Å². The van der Waals surface area contributed by atoms with E-state index in [1.807, 2.05) is 24.3 Å². The van der Waals surface area contributed by atoms with Gasteiger partial charge in [0.1, 0.15) is 12.2 Å². The first-order chi connectivity index (χ1) is 17.1. The molecular weight excluding hydrogens is 468 g/mol. The van der Waals surface area contributed by atoms with Gasteiger partial charge in [-0.25, -0.2) is 4.98 Å². The maximum Gasteiger partial charge on any atom is 0.252 e. The molecule has 0 bridgehead atoms. The van der Waals surface area contributed by atoms with Crippen molar-refractivity contribution in [3.8, 4) is 28.1 Å². The van der Waals surface area contributed by atoms with Crippen LogP contribution in [0.2, 0.25) is 5.02 Å². The van der Waals surface area contributed by atoms with Crippen molar-refractivity contribution in [2.45, 2.75) is 25.5 Å². The molecule has 1 aliphatic rings. The Morgan fingerprint density at radius 2 is 2.00 bits per heavy atom. The van der Waals surface area contributed by atoms with Crippen molar-refractivity contribution < 1.29 is 5.11 Å². The van der Waals surface area contributed by atoms with Crippen LogP contribution in [0.15, 0.2) is 66.0 Å². The third kappa shape index (κ3) is 3.82. The van der Waals surface area contributed by atoms with Gasteiger partial charge in [-0.1, -0.05) is 11.6 Å². The van der Waals surface area contributed by atoms with Gasteiger partial charge in [-0.05, 0) is 65.2 Å². The molecule has 10 nitrogen and oxygen atoms in total. The highest BCUT2D eigenvalue weighted by Gasteiger charge is 2.28. The molecule has 1 aromatic carbocycles. The average molecular weight is 487 g/mol. The van der Waals surface area contributed by atoms with Crippen LogP contribution in [0.25, 0.3) is 28.1 Å². The molecule has 1 atom stereocenters. The average Bonchev–Trinajstić information content (AvgIpc) is 3.65. The first kappa shape index (κ1) is 21.4. The molecule has 6 rings (SSSR count). The number of hydrogen-bond donors (Lipinski definition) is 2. The number of nitrogens with one attached hydrogen (secondary N) is 1. The molecule has 1 aliphatic heterocycles. The number of imidazole rings is 1. The van der Waals surface area contributed by atoms with E-state index in [-0.39, 0.29) is 18.2 Å². The molecule has 0 amide bonds. The number of H-pyrrole nitrogens is 1. The Morgan fingerprint density at radius 1 is 1.09 bits per heavy atom. The molecule has 4 aromatic heterocycles. The fraction of sp³-hybridized carbons (Fsp3) is 0.167. The number of benzene rings is 1. The molecule has 0 saturated carbocycles. The number of hydrogen-bond acceptors (Lipinski definition) is 7. The Labute approximate surface area is 203 Å². The van der Waals surface area contributed by atoms with E-state index in [1.54, 1.807) is 39.8 Å². The molecule has 0 radical (unpaired) electrons. The van der Waals surface area contributed by atoms with Gasteiger partial charge in [0.05, 0.1) is 35.9 Å². The summed E-state index contributed by atoms with van der Waals surface area (Å²) in [5, 5.41) is 21.2. The summed E-state index contributed by atoms with van der Waals surface area (Å²) in [6.45, 7) is -0.106. The Morgan fingerprint density at radius 3 is 2.77 bits per heavy atom. The van der Waals surface area contributed by atoms with Gasteiger partial charge < -0.3 is 14.7 Å². The van der Waals surface area contributed by atoms with E-state index in [4.69, 9.17) is 11.6 Å². The van der Waals surface area contributed by atoms with Gasteiger partial charge in [-0.2, -0.15) is 4.68 Å². The van der Waals surface area contributed by atoms with E-state index in [2.05, 4.69) is 30.5 Å². The summed E-state index contributed by atoms with van der Waals surface area (Å²) >= 11 is 6.28. The maximum atomic E-state index is 13.3. The van der Waals surface area contributed by atoms with Gasteiger partial charge in [0.15, 0.2) is 0 Å². The van der Waals surface area contributed by atoms with Crippen molar-refractivity contribution in [2.75, 3.05) is 0 Å². The standard InChI is InChI=1S/C24H19ClN8O2/c25-16-2-5-21(32-13-28-30-31-32)19(9-16)15-7-18-4-6-22(33(18)23(35)8-15)24-27-11-20(29-24)14-1-3-17(12-34)26-10-14/h1-3,5,7-11,13,22,34H,4,6,12H2,(H,27,29)/t22-/m0/s1. The molecule has 2 N–H and O–H groups in total. The smallest absolute Gasteiger partial charge is 0.252 e. The summed E-state index contributed by atoms with van der Waals surface area (Å²) in [6.07, 6.45) is 6.42. The normalized spacial score (nSPS) is 14.9. The van der Waals surface area contributed by atoms with Gasteiger partial charge in [0, 0.05) is 34.1 Å². The molecule has 0 saturated heterocycles. The van der Waals surface area contributed by atoms with Gasteiger partial charge in [-0.15, -0.1) is 5.10 Å². The number of aromatic nitrogens is 8. The Bertz CT molecular complexity index is 1570.